The molecule has 0 atom stereocenters. The maximum absolute atomic E-state index is 12.8. The minimum atomic E-state index is -4.42. The third-order valence-corrected chi connectivity index (χ3v) is 7.05. The monoisotopic (exact) mass is 445 g/mol. The number of sulfonamides is 1. The average molecular weight is 445 g/mol. The summed E-state index contributed by atoms with van der Waals surface area (Å²) in [7, 11) is -3.95. The highest BCUT2D eigenvalue weighted by Crippen LogP contribution is 2.30. The molecule has 1 heterocycles. The van der Waals surface area contributed by atoms with E-state index in [0.29, 0.717) is 5.56 Å². The van der Waals surface area contributed by atoms with E-state index in [2.05, 4.69) is 4.99 Å². The fraction of sp³-hybridized carbons (Fsp3) is 0.235. The summed E-state index contributed by atoms with van der Waals surface area (Å²) in [5, 5.41) is 11.0. The number of rotatable bonds is 5. The van der Waals surface area contributed by atoms with Crippen LogP contribution in [0.15, 0.2) is 58.4 Å². The number of hydrogen-bond donors (Lipinski definition) is 0. The molecule has 1 aliphatic rings. The third-order valence-electron chi connectivity index (χ3n) is 4.05. The van der Waals surface area contributed by atoms with Crippen LogP contribution in [0.3, 0.4) is 0 Å². The zero-order valence-corrected chi connectivity index (χ0v) is 16.3. The second-order valence-corrected chi connectivity index (χ2v) is 8.78. The Balaban J connectivity index is 1.71. The molecule has 12 heteroatoms. The number of aliphatic imine (C=N–C) groups is 1. The average Bonchev–Trinajstić information content (AvgIpc) is 3.15. The summed E-state index contributed by atoms with van der Waals surface area (Å²) in [6.07, 6.45) is -4.42. The van der Waals surface area contributed by atoms with Crippen molar-refractivity contribution in [2.24, 2.45) is 4.99 Å². The standard InChI is InChI=1S/C17H14F3N3O4S2/c18-17(19,20)13-3-1-12(2-4-13)11-28-16-21-9-10-22(16)29(26,27)15-7-5-14(6-8-15)23(24)25/h1-8H,9-11H2. The van der Waals surface area contributed by atoms with Crippen molar-refractivity contribution in [2.75, 3.05) is 13.1 Å². The number of nitrogens with zero attached hydrogens (tertiary/aromatic N) is 3. The number of nitro benzene ring substituents is 1. The topological polar surface area (TPSA) is 92.9 Å². The van der Waals surface area contributed by atoms with E-state index < -0.39 is 26.7 Å². The van der Waals surface area contributed by atoms with Crippen molar-refractivity contribution in [2.45, 2.75) is 16.8 Å². The molecule has 0 radical (unpaired) electrons. The molecule has 154 valence electrons. The lowest BCUT2D eigenvalue weighted by Gasteiger charge is -2.19. The van der Waals surface area contributed by atoms with Crippen LogP contribution in [0, 0.1) is 10.1 Å². The summed E-state index contributed by atoms with van der Waals surface area (Å²) in [6, 6.07) is 9.13. The number of amidine groups is 1. The summed E-state index contributed by atoms with van der Waals surface area (Å²) < 4.78 is 64.6. The maximum atomic E-state index is 12.8. The van der Waals surface area contributed by atoms with Crippen molar-refractivity contribution >= 4 is 32.6 Å². The maximum Gasteiger partial charge on any atom is 0.416 e. The minimum Gasteiger partial charge on any atom is -0.260 e. The number of nitro groups is 1. The van der Waals surface area contributed by atoms with Crippen LogP contribution >= 0.6 is 11.8 Å². The molecule has 1 aliphatic heterocycles. The molecule has 7 nitrogen and oxygen atoms in total. The van der Waals surface area contributed by atoms with Crippen LogP contribution < -0.4 is 0 Å². The Morgan fingerprint density at radius 2 is 1.72 bits per heavy atom. The van der Waals surface area contributed by atoms with Gasteiger partial charge in [0, 0.05) is 17.9 Å². The van der Waals surface area contributed by atoms with Gasteiger partial charge in [-0.3, -0.25) is 15.1 Å². The van der Waals surface area contributed by atoms with E-state index in [4.69, 9.17) is 0 Å². The molecule has 2 aromatic rings. The number of halogens is 3. The normalized spacial score (nSPS) is 14.7. The highest BCUT2D eigenvalue weighted by atomic mass is 32.2. The van der Waals surface area contributed by atoms with Gasteiger partial charge in [0.2, 0.25) is 0 Å². The summed E-state index contributed by atoms with van der Waals surface area (Å²) in [5.41, 5.74) is -0.395. The largest absolute Gasteiger partial charge is 0.416 e. The summed E-state index contributed by atoms with van der Waals surface area (Å²) in [4.78, 5) is 14.2. The van der Waals surface area contributed by atoms with Gasteiger partial charge in [0.15, 0.2) is 5.17 Å². The van der Waals surface area contributed by atoms with E-state index in [-0.39, 0.29) is 34.6 Å². The van der Waals surface area contributed by atoms with Gasteiger partial charge in [-0.1, -0.05) is 23.9 Å². The second-order valence-electron chi connectivity index (χ2n) is 5.98. The van der Waals surface area contributed by atoms with Gasteiger partial charge in [-0.2, -0.15) is 13.2 Å². The smallest absolute Gasteiger partial charge is 0.260 e. The highest BCUT2D eigenvalue weighted by Gasteiger charge is 2.32. The lowest BCUT2D eigenvalue weighted by molar-refractivity contribution is -0.384. The molecule has 0 amide bonds. The zero-order valence-electron chi connectivity index (χ0n) is 14.7. The number of benzene rings is 2. The van der Waals surface area contributed by atoms with Crippen molar-refractivity contribution < 1.29 is 26.5 Å². The SMILES string of the molecule is O=[N+]([O-])c1ccc(S(=O)(=O)N2CCN=C2SCc2ccc(C(F)(F)F)cc2)cc1. The first kappa shape index (κ1) is 21.1. The quantitative estimate of drug-likeness (QED) is 0.514. The number of thioether (sulfide) groups is 1. The number of hydrogen-bond acceptors (Lipinski definition) is 6. The first-order valence-electron chi connectivity index (χ1n) is 8.19. The van der Waals surface area contributed by atoms with Crippen LogP contribution in [0.2, 0.25) is 0 Å². The zero-order chi connectivity index (χ0) is 21.2. The molecule has 29 heavy (non-hydrogen) atoms. The summed E-state index contributed by atoms with van der Waals surface area (Å²) >= 11 is 1.10. The Bertz CT molecular complexity index is 1040. The van der Waals surface area contributed by atoms with Crippen molar-refractivity contribution in [3.05, 3.63) is 69.8 Å². The Morgan fingerprint density at radius 1 is 1.10 bits per heavy atom. The molecule has 2 aromatic carbocycles. The van der Waals surface area contributed by atoms with E-state index in [9.17, 15) is 31.7 Å². The molecule has 0 spiro atoms. The van der Waals surface area contributed by atoms with Gasteiger partial charge in [-0.25, -0.2) is 12.7 Å². The van der Waals surface area contributed by atoms with Gasteiger partial charge in [-0.15, -0.1) is 0 Å². The molecule has 0 N–H and O–H groups in total. The minimum absolute atomic E-state index is 0.104. The number of alkyl halides is 3. The van der Waals surface area contributed by atoms with Crippen LogP contribution in [0.5, 0.6) is 0 Å². The first-order valence-corrected chi connectivity index (χ1v) is 10.6. The van der Waals surface area contributed by atoms with Crippen molar-refractivity contribution in [3.8, 4) is 0 Å². The second kappa shape index (κ2) is 8.03. The van der Waals surface area contributed by atoms with Crippen LogP contribution in [-0.4, -0.2) is 35.9 Å². The van der Waals surface area contributed by atoms with E-state index in [1.807, 2.05) is 0 Å². The lowest BCUT2D eigenvalue weighted by Crippen LogP contribution is -2.32. The van der Waals surface area contributed by atoms with Crippen LogP contribution in [-0.2, 0) is 22.0 Å². The number of non-ortho nitro benzene ring substituents is 1. The van der Waals surface area contributed by atoms with Gasteiger partial charge < -0.3 is 0 Å². The Hall–Kier alpha value is -2.60. The fourth-order valence-electron chi connectivity index (χ4n) is 2.56. The Morgan fingerprint density at radius 3 is 2.28 bits per heavy atom. The van der Waals surface area contributed by atoms with E-state index in [1.165, 1.54) is 12.1 Å². The van der Waals surface area contributed by atoms with E-state index in [1.54, 1.807) is 0 Å². The highest BCUT2D eigenvalue weighted by molar-refractivity contribution is 8.14. The molecule has 3 rings (SSSR count). The molecular weight excluding hydrogens is 431 g/mol. The van der Waals surface area contributed by atoms with Crippen molar-refractivity contribution in [3.63, 3.8) is 0 Å². The molecule has 0 aromatic heterocycles. The van der Waals surface area contributed by atoms with Crippen molar-refractivity contribution in [1.29, 1.82) is 0 Å². The van der Waals surface area contributed by atoms with Crippen LogP contribution in [0.25, 0.3) is 0 Å². The molecule has 0 fully saturated rings. The molecule has 0 bridgehead atoms. The Labute approximate surface area is 168 Å². The van der Waals surface area contributed by atoms with Crippen molar-refractivity contribution in [1.82, 2.24) is 4.31 Å². The predicted molar refractivity (Wildman–Crippen MR) is 102 cm³/mol. The third kappa shape index (κ3) is 4.70. The van der Waals surface area contributed by atoms with E-state index >= 15 is 0 Å². The fourth-order valence-corrected chi connectivity index (χ4v) is 5.23. The van der Waals surface area contributed by atoms with Crippen LogP contribution in [0.1, 0.15) is 11.1 Å². The molecule has 0 saturated carbocycles. The molecular formula is C17H14F3N3O4S2. The van der Waals surface area contributed by atoms with Gasteiger partial charge in [0.25, 0.3) is 15.7 Å². The molecule has 0 aliphatic carbocycles. The van der Waals surface area contributed by atoms with Gasteiger partial charge in [-0.05, 0) is 29.8 Å². The molecule has 0 saturated heterocycles. The summed E-state index contributed by atoms with van der Waals surface area (Å²) in [5.74, 6) is 0.239. The first-order chi connectivity index (χ1) is 13.6. The van der Waals surface area contributed by atoms with Gasteiger partial charge in [0.05, 0.1) is 28.5 Å². The Kier molecular flexibility index (Phi) is 5.85. The van der Waals surface area contributed by atoms with Gasteiger partial charge >= 0.3 is 6.18 Å². The van der Waals surface area contributed by atoms with Gasteiger partial charge in [0.1, 0.15) is 0 Å². The lowest BCUT2D eigenvalue weighted by atomic mass is 10.1. The molecule has 0 unspecified atom stereocenters. The summed E-state index contributed by atoms with van der Waals surface area (Å²) in [6.45, 7) is 0.371. The van der Waals surface area contributed by atoms with Crippen LogP contribution in [0.4, 0.5) is 18.9 Å². The van der Waals surface area contributed by atoms with E-state index in [0.717, 1.165) is 52.5 Å². The predicted octanol–water partition coefficient (Wildman–Crippen LogP) is 3.91.